The Kier molecular flexibility index (Phi) is 5.00. The number of hydrogen-bond acceptors (Lipinski definition) is 3. The van der Waals surface area contributed by atoms with Crippen LogP contribution in [0.25, 0.3) is 0 Å². The van der Waals surface area contributed by atoms with Crippen LogP contribution in [0, 0.1) is 13.8 Å². The van der Waals surface area contributed by atoms with Crippen molar-refractivity contribution in [1.29, 1.82) is 0 Å². The van der Waals surface area contributed by atoms with E-state index in [1.54, 1.807) is 6.07 Å². The summed E-state index contributed by atoms with van der Waals surface area (Å²) in [5.41, 5.74) is 2.73. The van der Waals surface area contributed by atoms with Crippen molar-refractivity contribution in [2.24, 2.45) is 0 Å². The van der Waals surface area contributed by atoms with Gasteiger partial charge in [-0.3, -0.25) is 0 Å². The number of aryl methyl sites for hydroxylation is 2. The Bertz CT molecular complexity index is 828. The number of hydrogen-bond donors (Lipinski definition) is 0. The molecule has 0 bridgehead atoms. The maximum absolute atomic E-state index is 13.1. The van der Waals surface area contributed by atoms with Crippen LogP contribution >= 0.6 is 11.6 Å². The predicted molar refractivity (Wildman–Crippen MR) is 96.3 cm³/mol. The minimum absolute atomic E-state index is 0.207. The molecular weight excluding hydrogens is 344 g/mol. The molecule has 1 aliphatic heterocycles. The van der Waals surface area contributed by atoms with Gasteiger partial charge in [-0.25, -0.2) is 8.42 Å². The van der Waals surface area contributed by atoms with Crippen LogP contribution < -0.4 is 0 Å². The second-order valence-corrected chi connectivity index (χ2v) is 9.00. The molecule has 2 aromatic rings. The zero-order valence-electron chi connectivity index (χ0n) is 13.8. The molecule has 2 aromatic carbocycles. The SMILES string of the molecule is Cc1ccc(C)c(S(=O)(=O)C2CCOC(c3ccc(Cl)cc3)C2)c1. The van der Waals surface area contributed by atoms with Gasteiger partial charge in [0, 0.05) is 11.6 Å². The van der Waals surface area contributed by atoms with E-state index in [1.165, 1.54) is 0 Å². The van der Waals surface area contributed by atoms with E-state index < -0.39 is 15.1 Å². The molecule has 1 heterocycles. The van der Waals surface area contributed by atoms with Crippen molar-refractivity contribution in [2.45, 2.75) is 42.9 Å². The van der Waals surface area contributed by atoms with Crippen molar-refractivity contribution in [3.05, 3.63) is 64.2 Å². The van der Waals surface area contributed by atoms with Crippen LogP contribution in [0.4, 0.5) is 0 Å². The van der Waals surface area contributed by atoms with Gasteiger partial charge in [0.05, 0.1) is 16.2 Å². The maximum Gasteiger partial charge on any atom is 0.181 e. The standard InChI is InChI=1S/C19H21ClO3S/c1-13-3-4-14(2)19(11-13)24(21,22)17-9-10-23-18(12-17)15-5-7-16(20)8-6-15/h3-8,11,17-18H,9-10,12H2,1-2H3. The van der Waals surface area contributed by atoms with Crippen LogP contribution in [0.5, 0.6) is 0 Å². The number of rotatable bonds is 3. The Morgan fingerprint density at radius 3 is 2.50 bits per heavy atom. The summed E-state index contributed by atoms with van der Waals surface area (Å²) >= 11 is 5.93. The number of halogens is 1. The highest BCUT2D eigenvalue weighted by Gasteiger charge is 2.35. The molecule has 0 N–H and O–H groups in total. The van der Waals surface area contributed by atoms with Crippen LogP contribution in [-0.4, -0.2) is 20.3 Å². The van der Waals surface area contributed by atoms with E-state index in [0.29, 0.717) is 29.4 Å². The monoisotopic (exact) mass is 364 g/mol. The number of benzene rings is 2. The second-order valence-electron chi connectivity index (χ2n) is 6.37. The predicted octanol–water partition coefficient (Wildman–Crippen LogP) is 4.65. The van der Waals surface area contributed by atoms with E-state index in [2.05, 4.69) is 0 Å². The Morgan fingerprint density at radius 1 is 1.08 bits per heavy atom. The van der Waals surface area contributed by atoms with Crippen LogP contribution in [0.1, 0.15) is 35.6 Å². The van der Waals surface area contributed by atoms with Gasteiger partial charge in [0.2, 0.25) is 0 Å². The Hall–Kier alpha value is -1.36. The minimum Gasteiger partial charge on any atom is -0.373 e. The quantitative estimate of drug-likeness (QED) is 0.796. The van der Waals surface area contributed by atoms with Crippen molar-refractivity contribution in [1.82, 2.24) is 0 Å². The summed E-state index contributed by atoms with van der Waals surface area (Å²) in [4.78, 5) is 0.448. The lowest BCUT2D eigenvalue weighted by atomic mass is 10.0. The molecule has 2 unspecified atom stereocenters. The normalized spacial score (nSPS) is 21.6. The van der Waals surface area contributed by atoms with E-state index >= 15 is 0 Å². The summed E-state index contributed by atoms with van der Waals surface area (Å²) in [5, 5.41) is 0.238. The summed E-state index contributed by atoms with van der Waals surface area (Å²) < 4.78 is 32.0. The average molecular weight is 365 g/mol. The summed E-state index contributed by atoms with van der Waals surface area (Å²) in [7, 11) is -3.37. The molecule has 0 spiro atoms. The van der Waals surface area contributed by atoms with E-state index in [1.807, 2.05) is 50.2 Å². The van der Waals surface area contributed by atoms with Gasteiger partial charge in [-0.15, -0.1) is 0 Å². The molecule has 3 nitrogen and oxygen atoms in total. The molecule has 128 valence electrons. The van der Waals surface area contributed by atoms with Gasteiger partial charge in [0.1, 0.15) is 0 Å². The molecule has 24 heavy (non-hydrogen) atoms. The van der Waals surface area contributed by atoms with Gasteiger partial charge >= 0.3 is 0 Å². The van der Waals surface area contributed by atoms with Crippen molar-refractivity contribution < 1.29 is 13.2 Å². The fourth-order valence-corrected chi connectivity index (χ4v) is 5.34. The van der Waals surface area contributed by atoms with Crippen molar-refractivity contribution in [3.8, 4) is 0 Å². The third-order valence-electron chi connectivity index (χ3n) is 4.57. The minimum atomic E-state index is -3.37. The van der Waals surface area contributed by atoms with E-state index in [4.69, 9.17) is 16.3 Å². The smallest absolute Gasteiger partial charge is 0.181 e. The van der Waals surface area contributed by atoms with Crippen LogP contribution in [0.2, 0.25) is 5.02 Å². The summed E-state index contributed by atoms with van der Waals surface area (Å²) in [6.45, 7) is 4.21. The van der Waals surface area contributed by atoms with Gasteiger partial charge in [0.25, 0.3) is 0 Å². The number of ether oxygens (including phenoxy) is 1. The van der Waals surface area contributed by atoms with Crippen molar-refractivity contribution in [2.75, 3.05) is 6.61 Å². The zero-order valence-corrected chi connectivity index (χ0v) is 15.4. The molecular formula is C19H21ClO3S. The molecule has 0 aliphatic carbocycles. The van der Waals surface area contributed by atoms with E-state index in [-0.39, 0.29) is 6.10 Å². The van der Waals surface area contributed by atoms with Crippen molar-refractivity contribution in [3.63, 3.8) is 0 Å². The first kappa shape index (κ1) is 17.5. The molecule has 1 fully saturated rings. The highest BCUT2D eigenvalue weighted by atomic mass is 35.5. The lowest BCUT2D eigenvalue weighted by Gasteiger charge is -2.30. The highest BCUT2D eigenvalue weighted by Crippen LogP contribution is 2.35. The number of sulfone groups is 1. The first-order valence-corrected chi connectivity index (χ1v) is 9.98. The van der Waals surface area contributed by atoms with Crippen LogP contribution in [-0.2, 0) is 14.6 Å². The largest absolute Gasteiger partial charge is 0.373 e. The third kappa shape index (κ3) is 3.51. The zero-order chi connectivity index (χ0) is 17.3. The average Bonchev–Trinajstić information content (AvgIpc) is 2.58. The van der Waals surface area contributed by atoms with Gasteiger partial charge in [-0.05, 0) is 61.6 Å². The van der Waals surface area contributed by atoms with Gasteiger partial charge < -0.3 is 4.74 Å². The first-order valence-electron chi connectivity index (χ1n) is 8.06. The Balaban J connectivity index is 1.88. The van der Waals surface area contributed by atoms with E-state index in [9.17, 15) is 8.42 Å². The maximum atomic E-state index is 13.1. The third-order valence-corrected chi connectivity index (χ3v) is 7.18. The summed E-state index contributed by atoms with van der Waals surface area (Å²) in [5.74, 6) is 0. The van der Waals surface area contributed by atoms with Gasteiger partial charge in [-0.2, -0.15) is 0 Å². The lowest BCUT2D eigenvalue weighted by Crippen LogP contribution is -2.31. The van der Waals surface area contributed by atoms with Crippen LogP contribution in [0.15, 0.2) is 47.4 Å². The molecule has 3 rings (SSSR count). The Morgan fingerprint density at radius 2 is 1.79 bits per heavy atom. The molecule has 5 heteroatoms. The summed E-state index contributed by atoms with van der Waals surface area (Å²) in [6.07, 6.45) is 0.790. The van der Waals surface area contributed by atoms with Crippen LogP contribution in [0.3, 0.4) is 0 Å². The molecule has 1 aliphatic rings. The Labute approximate surface area is 148 Å². The fraction of sp³-hybridized carbons (Fsp3) is 0.368. The molecule has 0 aromatic heterocycles. The first-order chi connectivity index (χ1) is 11.4. The lowest BCUT2D eigenvalue weighted by molar-refractivity contribution is 0.0166. The van der Waals surface area contributed by atoms with E-state index in [0.717, 1.165) is 16.7 Å². The topological polar surface area (TPSA) is 43.4 Å². The summed E-state index contributed by atoms with van der Waals surface area (Å²) in [6, 6.07) is 13.0. The molecule has 0 amide bonds. The molecule has 0 saturated carbocycles. The fourth-order valence-electron chi connectivity index (χ4n) is 3.15. The molecule has 1 saturated heterocycles. The second kappa shape index (κ2) is 6.87. The highest BCUT2D eigenvalue weighted by molar-refractivity contribution is 7.92. The van der Waals surface area contributed by atoms with Gasteiger partial charge in [-0.1, -0.05) is 35.9 Å². The molecule has 0 radical (unpaired) electrons. The molecule has 2 atom stereocenters. The van der Waals surface area contributed by atoms with Gasteiger partial charge in [0.15, 0.2) is 9.84 Å². The van der Waals surface area contributed by atoms with Crippen molar-refractivity contribution >= 4 is 21.4 Å².